The van der Waals surface area contributed by atoms with Crippen LogP contribution in [0.4, 0.5) is 0 Å². The van der Waals surface area contributed by atoms with Gasteiger partial charge in [-0.05, 0) is 19.9 Å². The third kappa shape index (κ3) is 5.05. The van der Waals surface area contributed by atoms with E-state index < -0.39 is 51.0 Å². The summed E-state index contributed by atoms with van der Waals surface area (Å²) in [7, 11) is -4.30. The van der Waals surface area contributed by atoms with Gasteiger partial charge in [-0.25, -0.2) is 4.57 Å². The smallest absolute Gasteiger partial charge is 0.387 e. The Balaban J connectivity index is 2.07. The summed E-state index contributed by atoms with van der Waals surface area (Å²) in [6, 6.07) is 3.02. The number of primary amides is 1. The molecule has 5 N–H and O–H groups in total. The monoisotopic (exact) mass is 377 g/mol. The molecule has 0 aliphatic carbocycles. The Labute approximate surface area is 144 Å². The molecule has 1 aliphatic rings. The fourth-order valence-electron chi connectivity index (χ4n) is 2.37. The predicted octanol–water partition coefficient (Wildman–Crippen LogP) is -0.766. The molecule has 140 valence electrons. The van der Waals surface area contributed by atoms with Crippen LogP contribution < -0.4 is 10.3 Å². The minimum absolute atomic E-state index is 0.192. The minimum atomic E-state index is -4.30. The molecular weight excluding hydrogens is 355 g/mol. The van der Waals surface area contributed by atoms with Gasteiger partial charge in [0.05, 0.1) is 12.7 Å². The maximum atomic E-state index is 11.7. The number of phosphoric acid groups is 1. The van der Waals surface area contributed by atoms with Crippen LogP contribution in [0, 0.1) is 0 Å². The molecule has 1 amide bonds. The number of pyridine rings is 1. The largest absolute Gasteiger partial charge is 0.472 e. The van der Waals surface area contributed by atoms with Crippen molar-refractivity contribution in [2.75, 3.05) is 6.61 Å². The highest BCUT2D eigenvalue weighted by atomic mass is 31.2. The Morgan fingerprint density at radius 1 is 1.44 bits per heavy atom. The van der Waals surface area contributed by atoms with Crippen molar-refractivity contribution in [3.05, 3.63) is 30.1 Å². The zero-order valence-electron chi connectivity index (χ0n) is 13.8. The average Bonchev–Trinajstić information content (AvgIpc) is 2.80. The van der Waals surface area contributed by atoms with Crippen molar-refractivity contribution in [3.8, 4) is 0 Å². The second kappa shape index (κ2) is 7.88. The van der Waals surface area contributed by atoms with Crippen LogP contribution in [-0.2, 0) is 18.3 Å². The van der Waals surface area contributed by atoms with Gasteiger partial charge in [-0.1, -0.05) is 0 Å². The maximum absolute atomic E-state index is 11.7. The summed E-state index contributed by atoms with van der Waals surface area (Å²) in [6.07, 6.45) is -2.44. The zero-order valence-corrected chi connectivity index (χ0v) is 14.7. The molecular formula is C14H22N2O8P+. The van der Waals surface area contributed by atoms with Crippen molar-refractivity contribution in [3.63, 3.8) is 0 Å². The summed E-state index contributed by atoms with van der Waals surface area (Å²) in [5.74, 6) is -0.658. The number of amides is 1. The van der Waals surface area contributed by atoms with Crippen molar-refractivity contribution in [1.82, 2.24) is 0 Å². The van der Waals surface area contributed by atoms with E-state index in [9.17, 15) is 24.5 Å². The number of carbonyl (C=O) groups is 1. The molecule has 1 aromatic rings. The van der Waals surface area contributed by atoms with Gasteiger partial charge in [-0.2, -0.15) is 4.57 Å². The van der Waals surface area contributed by atoms with E-state index in [2.05, 4.69) is 0 Å². The standard InChI is InChI=1S/C14H21N2O8P/c1-8(2)24-25(20,21)22-7-10-11(17)12(18)14(23-10)16-5-3-4-9(6-16)13(15)19/h3-6,8,10-12,14,17-18H,7H2,1-2H3,(H2-,15,19,20,21)/p+1/t10?,11-,12-,14?/m1/s1. The molecule has 10 nitrogen and oxygen atoms in total. The van der Waals surface area contributed by atoms with Gasteiger partial charge in [0.2, 0.25) is 0 Å². The Kier molecular flexibility index (Phi) is 6.28. The van der Waals surface area contributed by atoms with Crippen LogP contribution in [0.3, 0.4) is 0 Å². The molecule has 1 aliphatic heterocycles. The second-order valence-electron chi connectivity index (χ2n) is 5.87. The van der Waals surface area contributed by atoms with Crippen LogP contribution in [0.2, 0.25) is 0 Å². The lowest BCUT2D eigenvalue weighted by molar-refractivity contribution is -0.765. The lowest BCUT2D eigenvalue weighted by atomic mass is 10.1. The molecule has 2 heterocycles. The molecule has 2 rings (SSSR count). The van der Waals surface area contributed by atoms with E-state index in [0.29, 0.717) is 0 Å². The number of aliphatic hydroxyl groups excluding tert-OH is 2. The van der Waals surface area contributed by atoms with Gasteiger partial charge in [-0.15, -0.1) is 0 Å². The predicted molar refractivity (Wildman–Crippen MR) is 83.1 cm³/mol. The number of nitrogens with zero attached hydrogens (tertiary/aromatic N) is 1. The Hall–Kier alpha value is -1.39. The molecule has 25 heavy (non-hydrogen) atoms. The van der Waals surface area contributed by atoms with Crippen molar-refractivity contribution in [2.24, 2.45) is 5.73 Å². The Morgan fingerprint density at radius 3 is 2.72 bits per heavy atom. The zero-order chi connectivity index (χ0) is 18.8. The Morgan fingerprint density at radius 2 is 2.12 bits per heavy atom. The van der Waals surface area contributed by atoms with Crippen LogP contribution in [0.5, 0.6) is 0 Å². The third-order valence-electron chi connectivity index (χ3n) is 3.48. The van der Waals surface area contributed by atoms with Crippen molar-refractivity contribution >= 4 is 13.7 Å². The lowest BCUT2D eigenvalue weighted by Gasteiger charge is -2.18. The first-order chi connectivity index (χ1) is 11.6. The lowest BCUT2D eigenvalue weighted by Crippen LogP contribution is -2.46. The number of aromatic nitrogens is 1. The number of hydrogen-bond donors (Lipinski definition) is 4. The van der Waals surface area contributed by atoms with Gasteiger partial charge in [0.25, 0.3) is 12.1 Å². The fraction of sp³-hybridized carbons (Fsp3) is 0.571. The van der Waals surface area contributed by atoms with Crippen LogP contribution in [0.25, 0.3) is 0 Å². The van der Waals surface area contributed by atoms with E-state index >= 15 is 0 Å². The van der Waals surface area contributed by atoms with Gasteiger partial charge in [-0.3, -0.25) is 13.8 Å². The minimum Gasteiger partial charge on any atom is -0.387 e. The van der Waals surface area contributed by atoms with Crippen molar-refractivity contribution < 1.29 is 42.8 Å². The number of rotatable bonds is 7. The van der Waals surface area contributed by atoms with Crippen LogP contribution >= 0.6 is 7.82 Å². The molecule has 0 saturated carbocycles. The number of aliphatic hydroxyl groups is 2. The van der Waals surface area contributed by atoms with Crippen LogP contribution in [0.15, 0.2) is 24.5 Å². The van der Waals surface area contributed by atoms with Gasteiger partial charge in [0.1, 0.15) is 17.8 Å². The maximum Gasteiger partial charge on any atom is 0.472 e. The number of nitrogens with two attached hydrogens (primary N) is 1. The number of phosphoric ester groups is 1. The quantitative estimate of drug-likeness (QED) is 0.357. The van der Waals surface area contributed by atoms with Gasteiger partial charge >= 0.3 is 7.82 Å². The summed E-state index contributed by atoms with van der Waals surface area (Å²) < 4.78 is 28.1. The summed E-state index contributed by atoms with van der Waals surface area (Å²) in [5, 5.41) is 20.2. The number of ether oxygens (including phenoxy) is 1. The second-order valence-corrected chi connectivity index (χ2v) is 7.27. The molecule has 3 unspecified atom stereocenters. The van der Waals surface area contributed by atoms with Crippen LogP contribution in [-0.4, -0.2) is 52.0 Å². The molecule has 5 atom stereocenters. The first-order valence-electron chi connectivity index (χ1n) is 7.58. The highest BCUT2D eigenvalue weighted by Crippen LogP contribution is 2.45. The van der Waals surface area contributed by atoms with Crippen LogP contribution in [0.1, 0.15) is 30.4 Å². The normalized spacial score (nSPS) is 28.9. The summed E-state index contributed by atoms with van der Waals surface area (Å²) in [6.45, 7) is 2.66. The molecule has 0 bridgehead atoms. The van der Waals surface area contributed by atoms with E-state index in [-0.39, 0.29) is 5.56 Å². The van der Waals surface area contributed by atoms with E-state index in [1.165, 1.54) is 29.1 Å². The first-order valence-corrected chi connectivity index (χ1v) is 9.08. The average molecular weight is 377 g/mol. The van der Waals surface area contributed by atoms with Gasteiger partial charge in [0.15, 0.2) is 18.5 Å². The Bertz CT molecular complexity index is 670. The SMILES string of the molecule is CC(C)OP(=O)(O)OCC1OC([n+]2cccc(C(N)=O)c2)[C@H](O)[C@@H]1O. The van der Waals surface area contributed by atoms with E-state index in [4.69, 9.17) is 19.5 Å². The van der Waals surface area contributed by atoms with E-state index in [1.54, 1.807) is 13.8 Å². The fourth-order valence-corrected chi connectivity index (χ4v) is 3.30. The summed E-state index contributed by atoms with van der Waals surface area (Å²) in [5.41, 5.74) is 5.40. The van der Waals surface area contributed by atoms with Gasteiger partial charge in [0, 0.05) is 6.07 Å². The molecule has 0 aromatic carbocycles. The highest BCUT2D eigenvalue weighted by molar-refractivity contribution is 7.47. The molecule has 1 saturated heterocycles. The highest BCUT2D eigenvalue weighted by Gasteiger charge is 2.49. The van der Waals surface area contributed by atoms with Crippen molar-refractivity contribution in [2.45, 2.75) is 44.5 Å². The number of hydrogen-bond acceptors (Lipinski definition) is 7. The number of carbonyl (C=O) groups excluding carboxylic acids is 1. The molecule has 0 radical (unpaired) electrons. The first kappa shape index (κ1) is 19.9. The topological polar surface area (TPSA) is 152 Å². The molecule has 0 spiro atoms. The molecule has 11 heteroatoms. The summed E-state index contributed by atoms with van der Waals surface area (Å²) >= 11 is 0. The summed E-state index contributed by atoms with van der Waals surface area (Å²) in [4.78, 5) is 20.8. The molecule has 1 fully saturated rings. The van der Waals surface area contributed by atoms with Gasteiger partial charge < -0.3 is 25.6 Å². The third-order valence-corrected chi connectivity index (χ3v) is 4.65. The van der Waals surface area contributed by atoms with E-state index in [0.717, 1.165) is 0 Å². The van der Waals surface area contributed by atoms with Crippen molar-refractivity contribution in [1.29, 1.82) is 0 Å². The molecule has 1 aromatic heterocycles. The van der Waals surface area contributed by atoms with E-state index in [1.807, 2.05) is 0 Å².